The molecule has 0 bridgehead atoms. The van der Waals surface area contributed by atoms with Crippen LogP contribution in [0.3, 0.4) is 0 Å². The molecule has 4 aromatic rings. The Morgan fingerprint density at radius 1 is 0.969 bits per heavy atom. The summed E-state index contributed by atoms with van der Waals surface area (Å²) < 4.78 is 1.99. The van der Waals surface area contributed by atoms with Crippen molar-refractivity contribution >= 4 is 16.8 Å². The number of benzene rings is 2. The fourth-order valence-corrected chi connectivity index (χ4v) is 4.85. The minimum absolute atomic E-state index is 0.0121. The quantitative estimate of drug-likeness (QED) is 0.435. The second-order valence-electron chi connectivity index (χ2n) is 8.69. The number of rotatable bonds is 5. The number of amides is 1. The SMILES string of the molecule is Cn1ccnc1CN(C(=O)c1ccc2ccccc2n1)C1CCC(c2ccccc2)CC1. The summed E-state index contributed by atoms with van der Waals surface area (Å²) in [6.45, 7) is 0.498. The summed E-state index contributed by atoms with van der Waals surface area (Å²) in [5.74, 6) is 1.45. The van der Waals surface area contributed by atoms with Crippen LogP contribution in [0.2, 0.25) is 0 Å². The van der Waals surface area contributed by atoms with Gasteiger partial charge in [-0.05, 0) is 49.3 Å². The van der Waals surface area contributed by atoms with Crippen LogP contribution in [0.25, 0.3) is 10.9 Å². The summed E-state index contributed by atoms with van der Waals surface area (Å²) >= 11 is 0. The molecule has 2 heterocycles. The Morgan fingerprint density at radius 2 is 1.72 bits per heavy atom. The van der Waals surface area contributed by atoms with Gasteiger partial charge in [-0.3, -0.25) is 4.79 Å². The molecule has 2 aromatic carbocycles. The number of para-hydroxylation sites is 1. The van der Waals surface area contributed by atoms with Crippen LogP contribution in [0.5, 0.6) is 0 Å². The molecule has 5 heteroatoms. The molecule has 32 heavy (non-hydrogen) atoms. The van der Waals surface area contributed by atoms with Gasteiger partial charge >= 0.3 is 0 Å². The van der Waals surface area contributed by atoms with Gasteiger partial charge in [-0.1, -0.05) is 54.6 Å². The lowest BCUT2D eigenvalue weighted by atomic mass is 9.81. The first-order chi connectivity index (χ1) is 15.7. The second-order valence-corrected chi connectivity index (χ2v) is 8.69. The summed E-state index contributed by atoms with van der Waals surface area (Å²) in [6.07, 6.45) is 7.87. The van der Waals surface area contributed by atoms with Gasteiger partial charge in [0.15, 0.2) is 0 Å². The molecule has 0 N–H and O–H groups in total. The lowest BCUT2D eigenvalue weighted by Gasteiger charge is -2.37. The number of hydrogen-bond acceptors (Lipinski definition) is 3. The van der Waals surface area contributed by atoms with E-state index in [-0.39, 0.29) is 11.9 Å². The normalized spacial score (nSPS) is 18.5. The van der Waals surface area contributed by atoms with Gasteiger partial charge in [0.05, 0.1) is 12.1 Å². The molecule has 0 spiro atoms. The fraction of sp³-hybridized carbons (Fsp3) is 0.296. The molecule has 5 nitrogen and oxygen atoms in total. The first-order valence-corrected chi connectivity index (χ1v) is 11.4. The number of carbonyl (C=O) groups is 1. The van der Waals surface area contributed by atoms with E-state index in [1.54, 1.807) is 6.20 Å². The highest BCUT2D eigenvalue weighted by atomic mass is 16.2. The molecule has 0 unspecified atom stereocenters. The van der Waals surface area contributed by atoms with Gasteiger partial charge < -0.3 is 9.47 Å². The summed E-state index contributed by atoms with van der Waals surface area (Å²) in [6, 6.07) is 22.7. The van der Waals surface area contributed by atoms with Crippen molar-refractivity contribution in [3.05, 3.63) is 96.2 Å². The molecule has 1 fully saturated rings. The molecule has 5 rings (SSSR count). The van der Waals surface area contributed by atoms with Gasteiger partial charge in [-0.2, -0.15) is 0 Å². The highest BCUT2D eigenvalue weighted by Gasteiger charge is 2.31. The number of aromatic nitrogens is 3. The number of carbonyl (C=O) groups excluding carboxylic acids is 1. The summed E-state index contributed by atoms with van der Waals surface area (Å²) in [5, 5.41) is 1.04. The highest BCUT2D eigenvalue weighted by Crippen LogP contribution is 2.35. The maximum Gasteiger partial charge on any atom is 0.273 e. The molecule has 0 aliphatic heterocycles. The Balaban J connectivity index is 1.40. The molecule has 1 saturated carbocycles. The minimum atomic E-state index is -0.0121. The number of hydrogen-bond donors (Lipinski definition) is 0. The van der Waals surface area contributed by atoms with E-state index in [4.69, 9.17) is 0 Å². The summed E-state index contributed by atoms with van der Waals surface area (Å²) in [7, 11) is 1.98. The zero-order valence-electron chi connectivity index (χ0n) is 18.4. The first kappa shape index (κ1) is 20.4. The van der Waals surface area contributed by atoms with E-state index in [9.17, 15) is 4.79 Å². The van der Waals surface area contributed by atoms with Gasteiger partial charge in [-0.15, -0.1) is 0 Å². The van der Waals surface area contributed by atoms with Gasteiger partial charge in [0, 0.05) is 30.9 Å². The molecule has 0 radical (unpaired) electrons. The van der Waals surface area contributed by atoms with Crippen LogP contribution in [-0.2, 0) is 13.6 Å². The van der Waals surface area contributed by atoms with Crippen molar-refractivity contribution in [1.82, 2.24) is 19.4 Å². The Morgan fingerprint density at radius 3 is 2.47 bits per heavy atom. The zero-order valence-corrected chi connectivity index (χ0v) is 18.4. The van der Waals surface area contributed by atoms with Crippen molar-refractivity contribution < 1.29 is 4.79 Å². The lowest BCUT2D eigenvalue weighted by molar-refractivity contribution is 0.0591. The van der Waals surface area contributed by atoms with Crippen molar-refractivity contribution in [1.29, 1.82) is 0 Å². The summed E-state index contributed by atoms with van der Waals surface area (Å²) in [4.78, 5) is 24.9. The molecular formula is C27H28N4O. The van der Waals surface area contributed by atoms with E-state index in [0.29, 0.717) is 18.2 Å². The monoisotopic (exact) mass is 424 g/mol. The van der Waals surface area contributed by atoms with Crippen LogP contribution >= 0.6 is 0 Å². The summed E-state index contributed by atoms with van der Waals surface area (Å²) in [5.41, 5.74) is 2.76. The molecule has 0 atom stereocenters. The van der Waals surface area contributed by atoms with E-state index < -0.39 is 0 Å². The van der Waals surface area contributed by atoms with Gasteiger partial charge in [0.1, 0.15) is 11.5 Å². The molecule has 0 saturated heterocycles. The Bertz CT molecular complexity index is 1210. The van der Waals surface area contributed by atoms with E-state index in [1.165, 1.54) is 5.56 Å². The van der Waals surface area contributed by atoms with E-state index in [0.717, 1.165) is 42.4 Å². The van der Waals surface area contributed by atoms with Crippen LogP contribution in [0.15, 0.2) is 79.1 Å². The number of imidazole rings is 1. The average molecular weight is 425 g/mol. The van der Waals surface area contributed by atoms with Crippen LogP contribution < -0.4 is 0 Å². The minimum Gasteiger partial charge on any atom is -0.337 e. The third-order valence-electron chi connectivity index (χ3n) is 6.72. The van der Waals surface area contributed by atoms with Crippen molar-refractivity contribution in [2.45, 2.75) is 44.2 Å². The lowest BCUT2D eigenvalue weighted by Crippen LogP contribution is -2.42. The van der Waals surface area contributed by atoms with E-state index in [2.05, 4.69) is 40.3 Å². The first-order valence-electron chi connectivity index (χ1n) is 11.4. The molecule has 1 aliphatic carbocycles. The Kier molecular flexibility index (Phi) is 5.71. The topological polar surface area (TPSA) is 51.0 Å². The van der Waals surface area contributed by atoms with E-state index in [1.807, 2.05) is 59.1 Å². The predicted octanol–water partition coefficient (Wildman–Crippen LogP) is 5.34. The number of pyridine rings is 1. The zero-order chi connectivity index (χ0) is 21.9. The smallest absolute Gasteiger partial charge is 0.273 e. The average Bonchev–Trinajstić information content (AvgIpc) is 3.26. The molecule has 1 aliphatic rings. The maximum atomic E-state index is 13.7. The number of nitrogens with zero attached hydrogens (tertiary/aromatic N) is 4. The number of aryl methyl sites for hydroxylation is 1. The van der Waals surface area contributed by atoms with Crippen molar-refractivity contribution in [3.63, 3.8) is 0 Å². The van der Waals surface area contributed by atoms with Crippen molar-refractivity contribution in [3.8, 4) is 0 Å². The van der Waals surface area contributed by atoms with Crippen LogP contribution in [0.1, 0.15) is 53.5 Å². The Labute approximate surface area is 188 Å². The molecular weight excluding hydrogens is 396 g/mol. The van der Waals surface area contributed by atoms with Crippen LogP contribution in [0, 0.1) is 0 Å². The predicted molar refractivity (Wildman–Crippen MR) is 126 cm³/mol. The van der Waals surface area contributed by atoms with Crippen molar-refractivity contribution in [2.75, 3.05) is 0 Å². The maximum absolute atomic E-state index is 13.7. The van der Waals surface area contributed by atoms with Crippen LogP contribution in [0.4, 0.5) is 0 Å². The third-order valence-corrected chi connectivity index (χ3v) is 6.72. The van der Waals surface area contributed by atoms with E-state index >= 15 is 0 Å². The van der Waals surface area contributed by atoms with Gasteiger partial charge in [-0.25, -0.2) is 9.97 Å². The molecule has 1 amide bonds. The van der Waals surface area contributed by atoms with Gasteiger partial charge in [0.2, 0.25) is 0 Å². The highest BCUT2D eigenvalue weighted by molar-refractivity contribution is 5.95. The Hall–Kier alpha value is -3.47. The van der Waals surface area contributed by atoms with Gasteiger partial charge in [0.25, 0.3) is 5.91 Å². The molecule has 162 valence electrons. The largest absolute Gasteiger partial charge is 0.337 e. The third kappa shape index (κ3) is 4.15. The number of fused-ring (bicyclic) bond motifs is 1. The standard InChI is InChI=1S/C27H28N4O/c1-30-18-17-28-26(30)19-31(23-14-11-21(12-15-23)20-7-3-2-4-8-20)27(32)25-16-13-22-9-5-6-10-24(22)29-25/h2-10,13,16-18,21,23H,11-12,14-15,19H2,1H3. The fourth-order valence-electron chi connectivity index (χ4n) is 4.85. The second kappa shape index (κ2) is 8.95. The van der Waals surface area contributed by atoms with Crippen molar-refractivity contribution in [2.24, 2.45) is 7.05 Å². The molecule has 2 aromatic heterocycles. The van der Waals surface area contributed by atoms with Crippen LogP contribution in [-0.4, -0.2) is 31.4 Å².